The van der Waals surface area contributed by atoms with E-state index < -0.39 is 0 Å². The van der Waals surface area contributed by atoms with Crippen LogP contribution in [0.5, 0.6) is 0 Å². The summed E-state index contributed by atoms with van der Waals surface area (Å²) in [5.74, 6) is -0.625. The summed E-state index contributed by atoms with van der Waals surface area (Å²) in [6.45, 7) is 0.853. The van der Waals surface area contributed by atoms with Crippen LogP contribution >= 0.6 is 0 Å². The Morgan fingerprint density at radius 3 is 2.74 bits per heavy atom. The highest BCUT2D eigenvalue weighted by molar-refractivity contribution is 6.00. The van der Waals surface area contributed by atoms with Crippen LogP contribution in [0.2, 0.25) is 0 Å². The SMILES string of the molecule is O=C(CN1CCN(c2ccc(F)cc2)C1=O)Nc1ccc2ncccc2c1. The van der Waals surface area contributed by atoms with Gasteiger partial charge in [0.05, 0.1) is 5.52 Å². The fourth-order valence-electron chi connectivity index (χ4n) is 3.12. The molecule has 0 spiro atoms. The van der Waals surface area contributed by atoms with Gasteiger partial charge in [-0.2, -0.15) is 0 Å². The number of nitrogens with zero attached hydrogens (tertiary/aromatic N) is 3. The summed E-state index contributed by atoms with van der Waals surface area (Å²) in [6.07, 6.45) is 1.71. The Bertz CT molecular complexity index is 1010. The lowest BCUT2D eigenvalue weighted by Crippen LogP contribution is -2.37. The van der Waals surface area contributed by atoms with Crippen molar-refractivity contribution in [2.45, 2.75) is 0 Å². The molecule has 1 N–H and O–H groups in total. The maximum atomic E-state index is 13.1. The monoisotopic (exact) mass is 364 g/mol. The molecule has 1 aromatic heterocycles. The molecule has 6 nitrogen and oxygen atoms in total. The molecule has 2 heterocycles. The molecule has 1 aliphatic rings. The molecule has 3 amide bonds. The van der Waals surface area contributed by atoms with Gasteiger partial charge in [0, 0.05) is 36.0 Å². The second kappa shape index (κ2) is 7.03. The van der Waals surface area contributed by atoms with Crippen molar-refractivity contribution in [2.24, 2.45) is 0 Å². The lowest BCUT2D eigenvalue weighted by atomic mass is 10.2. The van der Waals surface area contributed by atoms with Gasteiger partial charge in [0.15, 0.2) is 0 Å². The lowest BCUT2D eigenvalue weighted by Gasteiger charge is -2.18. The van der Waals surface area contributed by atoms with Gasteiger partial charge in [-0.3, -0.25) is 14.7 Å². The third kappa shape index (κ3) is 3.57. The standard InChI is InChI=1S/C20H17FN4O2/c21-15-3-6-17(7-4-15)25-11-10-24(20(25)27)13-19(26)23-16-5-8-18-14(12-16)2-1-9-22-18/h1-9,12H,10-11,13H2,(H,23,26). The minimum Gasteiger partial charge on any atom is -0.325 e. The molecule has 1 fully saturated rings. The zero-order chi connectivity index (χ0) is 18.8. The van der Waals surface area contributed by atoms with Crippen LogP contribution in [-0.4, -0.2) is 41.5 Å². The van der Waals surface area contributed by atoms with E-state index in [1.165, 1.54) is 21.9 Å². The molecule has 2 aromatic carbocycles. The number of fused-ring (bicyclic) bond motifs is 1. The summed E-state index contributed by atoms with van der Waals surface area (Å²) in [6, 6.07) is 14.7. The van der Waals surface area contributed by atoms with Gasteiger partial charge in [-0.15, -0.1) is 0 Å². The Balaban J connectivity index is 1.40. The molecule has 136 valence electrons. The van der Waals surface area contributed by atoms with E-state index in [1.54, 1.807) is 24.4 Å². The summed E-state index contributed by atoms with van der Waals surface area (Å²) < 4.78 is 13.1. The van der Waals surface area contributed by atoms with E-state index in [0.29, 0.717) is 24.5 Å². The van der Waals surface area contributed by atoms with Crippen LogP contribution in [0.1, 0.15) is 0 Å². The topological polar surface area (TPSA) is 65.5 Å². The number of anilines is 2. The smallest absolute Gasteiger partial charge is 0.325 e. The molecular formula is C20H17FN4O2. The van der Waals surface area contributed by atoms with E-state index in [2.05, 4.69) is 10.3 Å². The van der Waals surface area contributed by atoms with Gasteiger partial charge in [-0.05, 0) is 48.5 Å². The number of amides is 3. The van der Waals surface area contributed by atoms with E-state index in [9.17, 15) is 14.0 Å². The molecule has 0 bridgehead atoms. The quantitative estimate of drug-likeness (QED) is 0.773. The molecule has 0 saturated carbocycles. The van der Waals surface area contributed by atoms with Crippen LogP contribution in [0.25, 0.3) is 10.9 Å². The largest absolute Gasteiger partial charge is 0.325 e. The van der Waals surface area contributed by atoms with Gasteiger partial charge < -0.3 is 10.2 Å². The van der Waals surface area contributed by atoms with E-state index in [-0.39, 0.29) is 24.3 Å². The van der Waals surface area contributed by atoms with Gasteiger partial charge in [-0.25, -0.2) is 9.18 Å². The molecule has 0 radical (unpaired) electrons. The number of pyridine rings is 1. The van der Waals surface area contributed by atoms with E-state index >= 15 is 0 Å². The average molecular weight is 364 g/mol. The number of aromatic nitrogens is 1. The Morgan fingerprint density at radius 1 is 1.11 bits per heavy atom. The number of benzene rings is 2. The minimum absolute atomic E-state index is 0.0401. The minimum atomic E-state index is -0.354. The van der Waals surface area contributed by atoms with Crippen LogP contribution < -0.4 is 10.2 Å². The molecule has 3 aromatic rings. The molecule has 7 heteroatoms. The Hall–Kier alpha value is -3.48. The predicted octanol–water partition coefficient (Wildman–Crippen LogP) is 3.25. The van der Waals surface area contributed by atoms with E-state index in [0.717, 1.165) is 10.9 Å². The second-order valence-electron chi connectivity index (χ2n) is 6.29. The molecule has 27 heavy (non-hydrogen) atoms. The average Bonchev–Trinajstić information content (AvgIpc) is 3.02. The molecule has 0 unspecified atom stereocenters. The Morgan fingerprint density at radius 2 is 1.93 bits per heavy atom. The van der Waals surface area contributed by atoms with Crippen LogP contribution in [-0.2, 0) is 4.79 Å². The van der Waals surface area contributed by atoms with Crippen LogP contribution in [0.4, 0.5) is 20.6 Å². The van der Waals surface area contributed by atoms with Gasteiger partial charge in [-0.1, -0.05) is 6.07 Å². The third-order valence-corrected chi connectivity index (χ3v) is 4.45. The third-order valence-electron chi connectivity index (χ3n) is 4.45. The van der Waals surface area contributed by atoms with Crippen molar-refractivity contribution in [1.82, 2.24) is 9.88 Å². The highest BCUT2D eigenvalue weighted by Crippen LogP contribution is 2.21. The first-order valence-electron chi connectivity index (χ1n) is 8.57. The number of carbonyl (C=O) groups is 2. The van der Waals surface area contributed by atoms with Crippen molar-refractivity contribution in [2.75, 3.05) is 29.9 Å². The first-order valence-corrected chi connectivity index (χ1v) is 8.57. The number of nitrogens with one attached hydrogen (secondary N) is 1. The van der Waals surface area contributed by atoms with Crippen molar-refractivity contribution in [3.05, 3.63) is 66.6 Å². The first-order chi connectivity index (χ1) is 13.1. The zero-order valence-electron chi connectivity index (χ0n) is 14.4. The van der Waals surface area contributed by atoms with Gasteiger partial charge in [0.1, 0.15) is 12.4 Å². The fourth-order valence-corrected chi connectivity index (χ4v) is 3.12. The molecule has 1 aliphatic heterocycles. The second-order valence-corrected chi connectivity index (χ2v) is 6.29. The van der Waals surface area contributed by atoms with Crippen molar-refractivity contribution in [3.63, 3.8) is 0 Å². The maximum absolute atomic E-state index is 13.1. The van der Waals surface area contributed by atoms with Crippen molar-refractivity contribution in [3.8, 4) is 0 Å². The highest BCUT2D eigenvalue weighted by Gasteiger charge is 2.30. The summed E-state index contributed by atoms with van der Waals surface area (Å²) in [4.78, 5) is 32.1. The number of halogens is 1. The van der Waals surface area contributed by atoms with Crippen LogP contribution in [0.15, 0.2) is 60.8 Å². The molecule has 0 aliphatic carbocycles. The predicted molar refractivity (Wildman–Crippen MR) is 101 cm³/mol. The molecule has 1 saturated heterocycles. The fraction of sp³-hybridized carbons (Fsp3) is 0.150. The number of hydrogen-bond donors (Lipinski definition) is 1. The van der Waals surface area contributed by atoms with Gasteiger partial charge >= 0.3 is 6.03 Å². The molecule has 4 rings (SSSR count). The number of hydrogen-bond acceptors (Lipinski definition) is 3. The van der Waals surface area contributed by atoms with Crippen molar-refractivity contribution >= 4 is 34.2 Å². The Labute approximate surface area is 155 Å². The highest BCUT2D eigenvalue weighted by atomic mass is 19.1. The van der Waals surface area contributed by atoms with E-state index in [4.69, 9.17) is 0 Å². The number of urea groups is 1. The van der Waals surface area contributed by atoms with E-state index in [1.807, 2.05) is 24.3 Å². The van der Waals surface area contributed by atoms with Crippen molar-refractivity contribution < 1.29 is 14.0 Å². The summed E-state index contributed by atoms with van der Waals surface area (Å²) in [7, 11) is 0. The van der Waals surface area contributed by atoms with Gasteiger partial charge in [0.2, 0.25) is 5.91 Å². The zero-order valence-corrected chi connectivity index (χ0v) is 14.4. The number of rotatable bonds is 4. The van der Waals surface area contributed by atoms with Crippen molar-refractivity contribution in [1.29, 1.82) is 0 Å². The molecule has 0 atom stereocenters. The van der Waals surface area contributed by atoms with Crippen LogP contribution in [0.3, 0.4) is 0 Å². The molecular weight excluding hydrogens is 347 g/mol. The van der Waals surface area contributed by atoms with Crippen LogP contribution in [0, 0.1) is 5.82 Å². The number of carbonyl (C=O) groups excluding carboxylic acids is 2. The summed E-state index contributed by atoms with van der Waals surface area (Å²) in [5, 5.41) is 3.74. The Kier molecular flexibility index (Phi) is 4.42. The maximum Gasteiger partial charge on any atom is 0.325 e. The lowest BCUT2D eigenvalue weighted by molar-refractivity contribution is -0.116. The summed E-state index contributed by atoms with van der Waals surface area (Å²) >= 11 is 0. The summed E-state index contributed by atoms with van der Waals surface area (Å²) in [5.41, 5.74) is 2.12. The van der Waals surface area contributed by atoms with Gasteiger partial charge in [0.25, 0.3) is 0 Å². The normalized spacial score (nSPS) is 14.0. The first kappa shape index (κ1) is 17.0.